The van der Waals surface area contributed by atoms with Gasteiger partial charge in [-0.05, 0) is 11.1 Å². The van der Waals surface area contributed by atoms with Gasteiger partial charge in [0.1, 0.15) is 29.1 Å². The fourth-order valence-corrected chi connectivity index (χ4v) is 3.05. The van der Waals surface area contributed by atoms with Crippen LogP contribution in [0.2, 0.25) is 0 Å². The summed E-state index contributed by atoms with van der Waals surface area (Å²) in [6.07, 6.45) is 0. The molecular weight excluding hydrogens is 386 g/mol. The van der Waals surface area contributed by atoms with Crippen LogP contribution < -0.4 is 10.2 Å². The van der Waals surface area contributed by atoms with Crippen molar-refractivity contribution in [1.29, 1.82) is 0 Å². The van der Waals surface area contributed by atoms with Crippen LogP contribution in [0.15, 0.2) is 81.1 Å². The topological polar surface area (TPSA) is 129 Å². The van der Waals surface area contributed by atoms with E-state index in [2.05, 4.69) is 10.0 Å². The van der Waals surface area contributed by atoms with Crippen LogP contribution in [0.4, 0.5) is 5.69 Å². The zero-order chi connectivity index (χ0) is 21.1. The molecule has 3 aromatic carbocycles. The maximum Gasteiger partial charge on any atom is 0.239 e. The van der Waals surface area contributed by atoms with Crippen LogP contribution in [0.5, 0.6) is 17.2 Å². The highest BCUT2D eigenvalue weighted by atomic mass is 16.5. The molecule has 0 saturated heterocycles. The highest BCUT2D eigenvalue weighted by molar-refractivity contribution is 5.88. The number of hydrogen-bond acceptors (Lipinski definition) is 6. The monoisotopic (exact) mass is 401 g/mol. The first-order chi connectivity index (χ1) is 14.6. The lowest BCUT2D eigenvalue weighted by Gasteiger charge is -2.13. The standard InChI is InChI=1S/C22H15N3O5/c23-25-24-15-8-6-14(7-9-15)21-22(29-12-13-4-2-1-3-5-13)20(28)19-17(27)10-16(26)11-18(19)30-21/h1-11,26-27H,12H2. The predicted molar refractivity (Wildman–Crippen MR) is 111 cm³/mol. The van der Waals surface area contributed by atoms with Gasteiger partial charge in [0.2, 0.25) is 11.2 Å². The second kappa shape index (κ2) is 7.90. The molecule has 0 aliphatic carbocycles. The zero-order valence-corrected chi connectivity index (χ0v) is 15.5. The first-order valence-electron chi connectivity index (χ1n) is 8.92. The lowest BCUT2D eigenvalue weighted by Crippen LogP contribution is -2.10. The van der Waals surface area contributed by atoms with Gasteiger partial charge in [0, 0.05) is 28.3 Å². The van der Waals surface area contributed by atoms with Crippen LogP contribution in [0.25, 0.3) is 32.7 Å². The third-order valence-electron chi connectivity index (χ3n) is 4.43. The Morgan fingerprint density at radius 3 is 2.47 bits per heavy atom. The van der Waals surface area contributed by atoms with Gasteiger partial charge in [0.25, 0.3) is 0 Å². The maximum atomic E-state index is 13.2. The Morgan fingerprint density at radius 2 is 1.77 bits per heavy atom. The number of ether oxygens (including phenoxy) is 1. The molecule has 1 aromatic heterocycles. The molecular formula is C22H15N3O5. The minimum absolute atomic E-state index is 0.0127. The van der Waals surface area contributed by atoms with Gasteiger partial charge in [-0.2, -0.15) is 0 Å². The van der Waals surface area contributed by atoms with Gasteiger partial charge in [0.05, 0.1) is 0 Å². The summed E-state index contributed by atoms with van der Waals surface area (Å²) >= 11 is 0. The molecule has 30 heavy (non-hydrogen) atoms. The van der Waals surface area contributed by atoms with Crippen molar-refractivity contribution in [2.24, 2.45) is 5.11 Å². The molecule has 0 aliphatic heterocycles. The lowest BCUT2D eigenvalue weighted by molar-refractivity contribution is 0.297. The quantitative estimate of drug-likeness (QED) is 0.263. The van der Waals surface area contributed by atoms with Gasteiger partial charge in [0.15, 0.2) is 5.76 Å². The van der Waals surface area contributed by atoms with Crippen LogP contribution in [-0.4, -0.2) is 10.2 Å². The van der Waals surface area contributed by atoms with E-state index in [-0.39, 0.29) is 34.8 Å². The second-order valence-corrected chi connectivity index (χ2v) is 6.44. The number of azide groups is 1. The smallest absolute Gasteiger partial charge is 0.239 e. The van der Waals surface area contributed by atoms with Gasteiger partial charge in [-0.25, -0.2) is 0 Å². The Bertz CT molecular complexity index is 1330. The SMILES string of the molecule is [N-]=[N+]=Nc1ccc(-c2oc3cc(O)cc(O)c3c(=O)c2OCc2ccccc2)cc1. The van der Waals surface area contributed by atoms with Crippen LogP contribution >= 0.6 is 0 Å². The van der Waals surface area contributed by atoms with Gasteiger partial charge >= 0.3 is 0 Å². The van der Waals surface area contributed by atoms with Crippen molar-refractivity contribution >= 4 is 16.7 Å². The normalized spacial score (nSPS) is 10.5. The highest BCUT2D eigenvalue weighted by Crippen LogP contribution is 2.36. The molecule has 0 bridgehead atoms. The van der Waals surface area contributed by atoms with Crippen molar-refractivity contribution in [3.05, 3.63) is 93.0 Å². The molecule has 4 rings (SSSR count). The van der Waals surface area contributed by atoms with E-state index in [0.717, 1.165) is 11.6 Å². The molecule has 0 unspecified atom stereocenters. The molecule has 0 atom stereocenters. The van der Waals surface area contributed by atoms with E-state index in [1.54, 1.807) is 24.3 Å². The Hall–Kier alpha value is -4.42. The third-order valence-corrected chi connectivity index (χ3v) is 4.43. The van der Waals surface area contributed by atoms with E-state index < -0.39 is 11.2 Å². The molecule has 0 aliphatic rings. The van der Waals surface area contributed by atoms with E-state index in [0.29, 0.717) is 11.3 Å². The van der Waals surface area contributed by atoms with Gasteiger partial charge in [-0.3, -0.25) is 4.79 Å². The molecule has 148 valence electrons. The average Bonchev–Trinajstić information content (AvgIpc) is 2.74. The van der Waals surface area contributed by atoms with Crippen molar-refractivity contribution in [2.45, 2.75) is 6.61 Å². The molecule has 0 radical (unpaired) electrons. The van der Waals surface area contributed by atoms with Gasteiger partial charge < -0.3 is 19.4 Å². The number of fused-ring (bicyclic) bond motifs is 1. The van der Waals surface area contributed by atoms with E-state index in [9.17, 15) is 15.0 Å². The van der Waals surface area contributed by atoms with Crippen LogP contribution in [-0.2, 0) is 6.61 Å². The predicted octanol–water partition coefficient (Wildman–Crippen LogP) is 5.39. The van der Waals surface area contributed by atoms with Crippen molar-refractivity contribution in [2.75, 3.05) is 0 Å². The van der Waals surface area contributed by atoms with Crippen LogP contribution in [0, 0.1) is 0 Å². The summed E-state index contributed by atoms with van der Waals surface area (Å²) in [5.74, 6) is -0.607. The van der Waals surface area contributed by atoms with Crippen molar-refractivity contribution in [3.8, 4) is 28.6 Å². The minimum atomic E-state index is -0.571. The highest BCUT2D eigenvalue weighted by Gasteiger charge is 2.21. The molecule has 2 N–H and O–H groups in total. The number of hydrogen-bond donors (Lipinski definition) is 2. The zero-order valence-electron chi connectivity index (χ0n) is 15.5. The summed E-state index contributed by atoms with van der Waals surface area (Å²) in [5.41, 5.74) is 9.74. The summed E-state index contributed by atoms with van der Waals surface area (Å²) in [6.45, 7) is 0.111. The molecule has 8 heteroatoms. The van der Waals surface area contributed by atoms with Crippen LogP contribution in [0.3, 0.4) is 0 Å². The molecule has 4 aromatic rings. The van der Waals surface area contributed by atoms with Crippen molar-refractivity contribution < 1.29 is 19.4 Å². The summed E-state index contributed by atoms with van der Waals surface area (Å²) in [5, 5.41) is 23.4. The van der Waals surface area contributed by atoms with E-state index in [1.807, 2.05) is 30.3 Å². The summed E-state index contributed by atoms with van der Waals surface area (Å²) in [4.78, 5) is 15.9. The van der Waals surface area contributed by atoms with Gasteiger partial charge in [-0.15, -0.1) is 0 Å². The van der Waals surface area contributed by atoms with E-state index in [1.165, 1.54) is 6.07 Å². The number of benzene rings is 3. The fourth-order valence-electron chi connectivity index (χ4n) is 3.05. The molecule has 0 fully saturated rings. The van der Waals surface area contributed by atoms with E-state index in [4.69, 9.17) is 14.7 Å². The molecule has 0 amide bonds. The van der Waals surface area contributed by atoms with Crippen molar-refractivity contribution in [3.63, 3.8) is 0 Å². The Kier molecular flexibility index (Phi) is 4.99. The number of rotatable bonds is 5. The second-order valence-electron chi connectivity index (χ2n) is 6.44. The fraction of sp³-hybridized carbons (Fsp3) is 0.0455. The summed E-state index contributed by atoms with van der Waals surface area (Å²) in [6, 6.07) is 18.0. The third kappa shape index (κ3) is 3.63. The molecule has 8 nitrogen and oxygen atoms in total. The number of nitrogens with zero attached hydrogens (tertiary/aromatic N) is 3. The Morgan fingerprint density at radius 1 is 1.03 bits per heavy atom. The summed E-state index contributed by atoms with van der Waals surface area (Å²) in [7, 11) is 0. The average molecular weight is 401 g/mol. The first kappa shape index (κ1) is 18.9. The van der Waals surface area contributed by atoms with Crippen LogP contribution in [0.1, 0.15) is 5.56 Å². The lowest BCUT2D eigenvalue weighted by atomic mass is 10.1. The molecule has 0 spiro atoms. The Labute approximate surface area is 169 Å². The maximum absolute atomic E-state index is 13.2. The summed E-state index contributed by atoms with van der Waals surface area (Å²) < 4.78 is 11.7. The Balaban J connectivity index is 1.89. The molecule has 1 heterocycles. The number of phenolic OH excluding ortho intramolecular Hbond substituents is 2. The molecule has 0 saturated carbocycles. The minimum Gasteiger partial charge on any atom is -0.508 e. The largest absolute Gasteiger partial charge is 0.508 e. The van der Waals surface area contributed by atoms with E-state index >= 15 is 0 Å². The first-order valence-corrected chi connectivity index (χ1v) is 8.92. The van der Waals surface area contributed by atoms with Gasteiger partial charge in [-0.1, -0.05) is 59.7 Å². The number of phenols is 2. The van der Waals surface area contributed by atoms with Crippen molar-refractivity contribution in [1.82, 2.24) is 0 Å². The number of aromatic hydroxyl groups is 2.